The summed E-state index contributed by atoms with van der Waals surface area (Å²) in [5.41, 5.74) is 1.87. The van der Waals surface area contributed by atoms with Crippen LogP contribution in [-0.4, -0.2) is 23.1 Å². The van der Waals surface area contributed by atoms with Crippen molar-refractivity contribution in [3.05, 3.63) is 51.4 Å². The molecule has 2 aromatic rings. The molecular formula is C17H17Cl2N3. The molecule has 0 atom stereocenters. The van der Waals surface area contributed by atoms with Gasteiger partial charge in [-0.1, -0.05) is 29.3 Å². The zero-order chi connectivity index (χ0) is 15.5. The van der Waals surface area contributed by atoms with Crippen LogP contribution in [0.1, 0.15) is 29.9 Å². The maximum Gasteiger partial charge on any atom is 0.154 e. The van der Waals surface area contributed by atoms with Crippen LogP contribution in [0.25, 0.3) is 12.2 Å². The van der Waals surface area contributed by atoms with Crippen molar-refractivity contribution in [2.75, 3.05) is 18.0 Å². The van der Waals surface area contributed by atoms with E-state index in [2.05, 4.69) is 14.9 Å². The monoisotopic (exact) mass is 333 g/mol. The summed E-state index contributed by atoms with van der Waals surface area (Å²) in [4.78, 5) is 11.4. The Morgan fingerprint density at radius 3 is 2.55 bits per heavy atom. The highest BCUT2D eigenvalue weighted by Gasteiger charge is 2.14. The van der Waals surface area contributed by atoms with Crippen LogP contribution in [0, 0.1) is 6.92 Å². The third-order valence-electron chi connectivity index (χ3n) is 3.66. The van der Waals surface area contributed by atoms with Crippen molar-refractivity contribution >= 4 is 41.2 Å². The van der Waals surface area contributed by atoms with Crippen LogP contribution in [-0.2, 0) is 0 Å². The number of aryl methyl sites for hydroxylation is 1. The lowest BCUT2D eigenvalue weighted by atomic mass is 10.2. The first-order chi connectivity index (χ1) is 10.6. The summed E-state index contributed by atoms with van der Waals surface area (Å²) in [6, 6.07) is 7.48. The van der Waals surface area contributed by atoms with Crippen molar-refractivity contribution in [3.8, 4) is 0 Å². The molecule has 0 amide bonds. The van der Waals surface area contributed by atoms with E-state index in [9.17, 15) is 0 Å². The summed E-state index contributed by atoms with van der Waals surface area (Å²) in [6.07, 6.45) is 6.27. The molecule has 1 fully saturated rings. The van der Waals surface area contributed by atoms with E-state index < -0.39 is 0 Å². The highest BCUT2D eigenvalue weighted by Crippen LogP contribution is 2.23. The summed E-state index contributed by atoms with van der Waals surface area (Å²) in [6.45, 7) is 4.14. The minimum Gasteiger partial charge on any atom is -0.356 e. The molecule has 0 aliphatic carbocycles. The normalized spacial score (nSPS) is 15.0. The number of anilines is 1. The van der Waals surface area contributed by atoms with E-state index in [1.54, 1.807) is 6.07 Å². The summed E-state index contributed by atoms with van der Waals surface area (Å²) in [5.74, 6) is 1.71. The highest BCUT2D eigenvalue weighted by molar-refractivity contribution is 6.35. The topological polar surface area (TPSA) is 29.0 Å². The Hall–Kier alpha value is -1.58. The Kier molecular flexibility index (Phi) is 4.65. The molecule has 0 unspecified atom stereocenters. The first-order valence-corrected chi connectivity index (χ1v) is 8.11. The lowest BCUT2D eigenvalue weighted by Crippen LogP contribution is -2.19. The van der Waals surface area contributed by atoms with E-state index in [1.807, 2.05) is 37.3 Å². The van der Waals surface area contributed by atoms with Gasteiger partial charge in [0.1, 0.15) is 5.82 Å². The molecule has 1 aromatic carbocycles. The molecule has 1 aromatic heterocycles. The first kappa shape index (κ1) is 15.3. The van der Waals surface area contributed by atoms with E-state index in [0.717, 1.165) is 30.2 Å². The second kappa shape index (κ2) is 6.67. The number of rotatable bonds is 3. The minimum atomic E-state index is 0.621. The Balaban J connectivity index is 1.86. The fourth-order valence-electron chi connectivity index (χ4n) is 2.56. The molecule has 3 nitrogen and oxygen atoms in total. The van der Waals surface area contributed by atoms with Gasteiger partial charge in [-0.15, -0.1) is 0 Å². The van der Waals surface area contributed by atoms with Crippen molar-refractivity contribution in [2.24, 2.45) is 0 Å². The molecule has 0 saturated carbocycles. The van der Waals surface area contributed by atoms with E-state index in [-0.39, 0.29) is 0 Å². The van der Waals surface area contributed by atoms with Gasteiger partial charge in [0.05, 0.1) is 0 Å². The van der Waals surface area contributed by atoms with Crippen LogP contribution in [0.5, 0.6) is 0 Å². The maximum atomic E-state index is 6.18. The zero-order valence-corrected chi connectivity index (χ0v) is 13.9. The molecule has 0 bridgehead atoms. The fourth-order valence-corrected chi connectivity index (χ4v) is 3.03. The fraction of sp³-hybridized carbons (Fsp3) is 0.294. The molecule has 0 spiro atoms. The van der Waals surface area contributed by atoms with Gasteiger partial charge in [-0.2, -0.15) is 0 Å². The summed E-state index contributed by atoms with van der Waals surface area (Å²) in [7, 11) is 0. The molecule has 114 valence electrons. The third-order valence-corrected chi connectivity index (χ3v) is 4.22. The van der Waals surface area contributed by atoms with Gasteiger partial charge in [-0.3, -0.25) is 0 Å². The van der Waals surface area contributed by atoms with Gasteiger partial charge in [0, 0.05) is 34.9 Å². The lowest BCUT2D eigenvalue weighted by Gasteiger charge is -2.16. The summed E-state index contributed by atoms with van der Waals surface area (Å²) in [5, 5.41) is 1.25. The van der Waals surface area contributed by atoms with Crippen LogP contribution in [0.4, 0.5) is 5.82 Å². The van der Waals surface area contributed by atoms with Gasteiger partial charge in [0.2, 0.25) is 0 Å². The molecule has 3 rings (SSSR count). The van der Waals surface area contributed by atoms with E-state index in [4.69, 9.17) is 23.2 Å². The van der Waals surface area contributed by atoms with E-state index in [1.165, 1.54) is 12.8 Å². The smallest absolute Gasteiger partial charge is 0.154 e. The van der Waals surface area contributed by atoms with Gasteiger partial charge in [0.15, 0.2) is 5.82 Å². The predicted octanol–water partition coefficient (Wildman–Crippen LogP) is 4.86. The SMILES string of the molecule is Cc1cc(N2CCCC2)nc(C=Cc2ccc(Cl)cc2Cl)n1. The van der Waals surface area contributed by atoms with Gasteiger partial charge < -0.3 is 4.90 Å². The molecule has 0 radical (unpaired) electrons. The van der Waals surface area contributed by atoms with Crippen LogP contribution in [0.15, 0.2) is 24.3 Å². The molecule has 1 aliphatic heterocycles. The zero-order valence-electron chi connectivity index (χ0n) is 12.4. The van der Waals surface area contributed by atoms with Crippen molar-refractivity contribution in [2.45, 2.75) is 19.8 Å². The second-order valence-electron chi connectivity index (χ2n) is 5.42. The molecule has 1 saturated heterocycles. The quantitative estimate of drug-likeness (QED) is 0.802. The molecule has 0 N–H and O–H groups in total. The van der Waals surface area contributed by atoms with Gasteiger partial charge in [0.25, 0.3) is 0 Å². The molecule has 22 heavy (non-hydrogen) atoms. The van der Waals surface area contributed by atoms with Gasteiger partial charge >= 0.3 is 0 Å². The van der Waals surface area contributed by atoms with Gasteiger partial charge in [-0.05, 0) is 49.6 Å². The molecule has 2 heterocycles. The first-order valence-electron chi connectivity index (χ1n) is 7.35. The average molecular weight is 334 g/mol. The number of hydrogen-bond donors (Lipinski definition) is 0. The van der Waals surface area contributed by atoms with E-state index >= 15 is 0 Å². The Bertz CT molecular complexity index is 707. The lowest BCUT2D eigenvalue weighted by molar-refractivity contribution is 0.915. The van der Waals surface area contributed by atoms with Gasteiger partial charge in [-0.25, -0.2) is 9.97 Å². The predicted molar refractivity (Wildman–Crippen MR) is 93.6 cm³/mol. The number of hydrogen-bond acceptors (Lipinski definition) is 3. The number of halogens is 2. The molecule has 1 aliphatic rings. The largest absolute Gasteiger partial charge is 0.356 e. The molecular weight excluding hydrogens is 317 g/mol. The van der Waals surface area contributed by atoms with E-state index in [0.29, 0.717) is 15.9 Å². The third kappa shape index (κ3) is 3.60. The van der Waals surface area contributed by atoms with Crippen molar-refractivity contribution < 1.29 is 0 Å². The number of nitrogens with zero attached hydrogens (tertiary/aromatic N) is 3. The van der Waals surface area contributed by atoms with Crippen molar-refractivity contribution in [1.82, 2.24) is 9.97 Å². The Labute approximate surface area is 140 Å². The average Bonchev–Trinajstić information content (AvgIpc) is 3.00. The highest BCUT2D eigenvalue weighted by atomic mass is 35.5. The van der Waals surface area contributed by atoms with Crippen LogP contribution in [0.3, 0.4) is 0 Å². The van der Waals surface area contributed by atoms with Crippen LogP contribution >= 0.6 is 23.2 Å². The van der Waals surface area contributed by atoms with Crippen molar-refractivity contribution in [3.63, 3.8) is 0 Å². The maximum absolute atomic E-state index is 6.18. The summed E-state index contributed by atoms with van der Waals surface area (Å²) < 4.78 is 0. The summed E-state index contributed by atoms with van der Waals surface area (Å²) >= 11 is 12.1. The number of aromatic nitrogens is 2. The minimum absolute atomic E-state index is 0.621. The van der Waals surface area contributed by atoms with Crippen LogP contribution < -0.4 is 4.90 Å². The molecule has 5 heteroatoms. The Morgan fingerprint density at radius 1 is 1.05 bits per heavy atom. The van der Waals surface area contributed by atoms with Crippen molar-refractivity contribution in [1.29, 1.82) is 0 Å². The van der Waals surface area contributed by atoms with Crippen LogP contribution in [0.2, 0.25) is 10.0 Å². The number of benzene rings is 1. The standard InChI is InChI=1S/C17H17Cl2N3/c1-12-10-17(22-8-2-3-9-22)21-16(20-12)7-5-13-4-6-14(18)11-15(13)19/h4-7,10-11H,2-3,8-9H2,1H3. The second-order valence-corrected chi connectivity index (χ2v) is 6.26. The Morgan fingerprint density at radius 2 is 1.82 bits per heavy atom.